The van der Waals surface area contributed by atoms with Crippen LogP contribution < -0.4 is 10.2 Å². The van der Waals surface area contributed by atoms with Gasteiger partial charge in [-0.15, -0.1) is 0 Å². The second-order valence-electron chi connectivity index (χ2n) is 4.46. The molecule has 98 valence electrons. The van der Waals surface area contributed by atoms with Crippen LogP contribution in [0, 0.1) is 6.92 Å². The molecule has 1 fully saturated rings. The first-order valence-electron chi connectivity index (χ1n) is 6.05. The predicted octanol–water partition coefficient (Wildman–Crippen LogP) is 1.34. The van der Waals surface area contributed by atoms with Crippen LogP contribution in [0.2, 0.25) is 5.02 Å². The maximum Gasteiger partial charge on any atom is 0.246 e. The Bertz CT molecular complexity index is 451. The quantitative estimate of drug-likeness (QED) is 0.851. The van der Waals surface area contributed by atoms with Gasteiger partial charge in [-0.3, -0.25) is 4.79 Å². The molecule has 1 unspecified atom stereocenters. The van der Waals surface area contributed by atoms with Crippen LogP contribution >= 0.6 is 11.6 Å². The highest BCUT2D eigenvalue weighted by atomic mass is 35.5. The van der Waals surface area contributed by atoms with E-state index in [9.17, 15) is 9.90 Å². The highest BCUT2D eigenvalue weighted by molar-refractivity contribution is 6.31. The lowest BCUT2D eigenvalue weighted by atomic mass is 10.1. The van der Waals surface area contributed by atoms with Gasteiger partial charge in [0, 0.05) is 17.3 Å². The van der Waals surface area contributed by atoms with E-state index >= 15 is 0 Å². The largest absolute Gasteiger partial charge is 0.394 e. The predicted molar refractivity (Wildman–Crippen MR) is 72.0 cm³/mol. The van der Waals surface area contributed by atoms with E-state index in [2.05, 4.69) is 5.32 Å². The molecule has 1 aromatic carbocycles. The number of nitrogens with one attached hydrogen (secondary N) is 1. The Kier molecular flexibility index (Phi) is 4.22. The normalized spacial score (nSPS) is 20.9. The number of aliphatic hydroxyl groups is 1. The number of rotatable bonds is 2. The van der Waals surface area contributed by atoms with Crippen molar-refractivity contribution in [3.63, 3.8) is 0 Å². The van der Waals surface area contributed by atoms with Gasteiger partial charge in [-0.1, -0.05) is 17.7 Å². The molecule has 1 aliphatic rings. The number of nitrogens with zero attached hydrogens (tertiary/aromatic N) is 1. The number of benzene rings is 1. The molecule has 0 bridgehead atoms. The van der Waals surface area contributed by atoms with Crippen molar-refractivity contribution in [3.05, 3.63) is 28.8 Å². The van der Waals surface area contributed by atoms with Crippen molar-refractivity contribution in [1.29, 1.82) is 0 Å². The number of carbonyl (C=O) groups is 1. The van der Waals surface area contributed by atoms with Crippen molar-refractivity contribution in [2.75, 3.05) is 24.6 Å². The van der Waals surface area contributed by atoms with Gasteiger partial charge in [0.15, 0.2) is 0 Å². The van der Waals surface area contributed by atoms with Gasteiger partial charge < -0.3 is 15.3 Å². The van der Waals surface area contributed by atoms with Crippen molar-refractivity contribution < 1.29 is 9.90 Å². The van der Waals surface area contributed by atoms with Crippen LogP contribution in [-0.4, -0.2) is 36.8 Å². The molecule has 0 spiro atoms. The molecule has 1 atom stereocenters. The number of carbonyl (C=O) groups excluding carboxylic acids is 1. The van der Waals surface area contributed by atoms with E-state index in [0.29, 0.717) is 11.6 Å². The Hall–Kier alpha value is -1.10. The molecule has 0 radical (unpaired) electrons. The number of anilines is 1. The van der Waals surface area contributed by atoms with Crippen LogP contribution in [0.25, 0.3) is 0 Å². The van der Waals surface area contributed by atoms with Gasteiger partial charge in [-0.05, 0) is 37.6 Å². The minimum absolute atomic E-state index is 0.0969. The van der Waals surface area contributed by atoms with E-state index in [1.54, 1.807) is 11.0 Å². The molecule has 1 heterocycles. The van der Waals surface area contributed by atoms with E-state index in [1.165, 1.54) is 0 Å². The van der Waals surface area contributed by atoms with E-state index < -0.39 is 6.04 Å². The summed E-state index contributed by atoms with van der Waals surface area (Å²) in [7, 11) is 0. The fraction of sp³-hybridized carbons (Fsp3) is 0.462. The van der Waals surface area contributed by atoms with Gasteiger partial charge in [0.25, 0.3) is 0 Å². The maximum absolute atomic E-state index is 12.3. The fourth-order valence-corrected chi connectivity index (χ4v) is 2.32. The van der Waals surface area contributed by atoms with E-state index in [4.69, 9.17) is 11.6 Å². The lowest BCUT2D eigenvalue weighted by Gasteiger charge is -2.25. The van der Waals surface area contributed by atoms with Gasteiger partial charge in [-0.2, -0.15) is 0 Å². The lowest BCUT2D eigenvalue weighted by Crippen LogP contribution is -2.46. The van der Waals surface area contributed by atoms with Gasteiger partial charge >= 0.3 is 0 Å². The maximum atomic E-state index is 12.3. The summed E-state index contributed by atoms with van der Waals surface area (Å²) >= 11 is 5.99. The third-order valence-corrected chi connectivity index (χ3v) is 3.39. The van der Waals surface area contributed by atoms with Crippen molar-refractivity contribution in [1.82, 2.24) is 5.32 Å². The van der Waals surface area contributed by atoms with E-state index in [-0.39, 0.29) is 12.5 Å². The standard InChI is InChI=1S/C13H17ClN2O2/c1-9-3-4-10(14)7-12(9)16-6-2-5-15-11(8-17)13(16)18/h3-4,7,11,15,17H,2,5-6,8H2,1H3. The summed E-state index contributed by atoms with van der Waals surface area (Å²) in [4.78, 5) is 14.0. The van der Waals surface area contributed by atoms with Crippen LogP contribution in [0.15, 0.2) is 18.2 Å². The summed E-state index contributed by atoms with van der Waals surface area (Å²) in [6, 6.07) is 4.99. The molecule has 0 saturated carbocycles. The van der Waals surface area contributed by atoms with E-state index in [0.717, 1.165) is 24.2 Å². The summed E-state index contributed by atoms with van der Waals surface area (Å²) < 4.78 is 0. The van der Waals surface area contributed by atoms with Crippen LogP contribution in [0.5, 0.6) is 0 Å². The first-order valence-corrected chi connectivity index (χ1v) is 6.43. The Morgan fingerprint density at radius 1 is 1.56 bits per heavy atom. The highest BCUT2D eigenvalue weighted by Crippen LogP contribution is 2.25. The van der Waals surface area contributed by atoms with E-state index in [1.807, 2.05) is 19.1 Å². The SMILES string of the molecule is Cc1ccc(Cl)cc1N1CCCNC(CO)C1=O. The molecule has 1 aliphatic heterocycles. The van der Waals surface area contributed by atoms with Crippen LogP contribution in [0.3, 0.4) is 0 Å². The average Bonchev–Trinajstić information content (AvgIpc) is 2.54. The molecule has 1 aromatic rings. The fourth-order valence-electron chi connectivity index (χ4n) is 2.15. The zero-order chi connectivity index (χ0) is 13.1. The first kappa shape index (κ1) is 13.3. The van der Waals surface area contributed by atoms with Gasteiger partial charge in [0.2, 0.25) is 5.91 Å². The number of hydrogen-bond acceptors (Lipinski definition) is 3. The second kappa shape index (κ2) is 5.69. The monoisotopic (exact) mass is 268 g/mol. The smallest absolute Gasteiger partial charge is 0.246 e. The topological polar surface area (TPSA) is 52.6 Å². The van der Waals surface area contributed by atoms with Crippen LogP contribution in [0.4, 0.5) is 5.69 Å². The Morgan fingerprint density at radius 3 is 3.06 bits per heavy atom. The Balaban J connectivity index is 2.35. The number of hydrogen-bond donors (Lipinski definition) is 2. The second-order valence-corrected chi connectivity index (χ2v) is 4.90. The highest BCUT2D eigenvalue weighted by Gasteiger charge is 2.27. The molecule has 0 aromatic heterocycles. The Morgan fingerprint density at radius 2 is 2.33 bits per heavy atom. The lowest BCUT2D eigenvalue weighted by molar-refractivity contribution is -0.121. The van der Waals surface area contributed by atoms with Crippen molar-refractivity contribution in [3.8, 4) is 0 Å². The third kappa shape index (κ3) is 2.66. The summed E-state index contributed by atoms with van der Waals surface area (Å²) in [5.74, 6) is -0.0969. The molecule has 18 heavy (non-hydrogen) atoms. The number of halogens is 1. The minimum atomic E-state index is -0.522. The van der Waals surface area contributed by atoms with Gasteiger partial charge in [0.1, 0.15) is 6.04 Å². The summed E-state index contributed by atoms with van der Waals surface area (Å²) in [6.45, 7) is 3.14. The first-order chi connectivity index (χ1) is 8.63. The minimum Gasteiger partial charge on any atom is -0.394 e. The number of aryl methyl sites for hydroxylation is 1. The van der Waals surface area contributed by atoms with Crippen molar-refractivity contribution in [2.45, 2.75) is 19.4 Å². The molecule has 5 heteroatoms. The third-order valence-electron chi connectivity index (χ3n) is 3.16. The number of amides is 1. The summed E-state index contributed by atoms with van der Waals surface area (Å²) in [5, 5.41) is 12.9. The molecular weight excluding hydrogens is 252 g/mol. The molecule has 0 aliphatic carbocycles. The Labute approximate surface area is 112 Å². The van der Waals surface area contributed by atoms with Crippen molar-refractivity contribution >= 4 is 23.2 Å². The van der Waals surface area contributed by atoms with Crippen LogP contribution in [-0.2, 0) is 4.79 Å². The van der Waals surface area contributed by atoms with Crippen LogP contribution in [0.1, 0.15) is 12.0 Å². The summed E-state index contributed by atoms with van der Waals surface area (Å²) in [6.07, 6.45) is 0.855. The zero-order valence-corrected chi connectivity index (χ0v) is 11.1. The molecular formula is C13H17ClN2O2. The molecule has 2 N–H and O–H groups in total. The molecule has 4 nitrogen and oxygen atoms in total. The molecule has 1 saturated heterocycles. The van der Waals surface area contributed by atoms with Crippen molar-refractivity contribution in [2.24, 2.45) is 0 Å². The van der Waals surface area contributed by atoms with Gasteiger partial charge in [0.05, 0.1) is 6.61 Å². The zero-order valence-electron chi connectivity index (χ0n) is 10.3. The average molecular weight is 269 g/mol. The molecule has 1 amide bonds. The van der Waals surface area contributed by atoms with Gasteiger partial charge in [-0.25, -0.2) is 0 Å². The number of aliphatic hydroxyl groups excluding tert-OH is 1. The summed E-state index contributed by atoms with van der Waals surface area (Å²) in [5.41, 5.74) is 1.83. The molecule has 2 rings (SSSR count).